The van der Waals surface area contributed by atoms with Crippen LogP contribution in [0.15, 0.2) is 60.7 Å². The minimum atomic E-state index is -1.13. The van der Waals surface area contributed by atoms with Crippen LogP contribution in [0.2, 0.25) is 0 Å². The smallest absolute Gasteiger partial charge is 0.545 e. The molecule has 0 bridgehead atoms. The molecule has 0 aliphatic rings. The van der Waals surface area contributed by atoms with Crippen LogP contribution in [-0.4, -0.2) is 35.5 Å². The Morgan fingerprint density at radius 3 is 1.62 bits per heavy atom. The van der Waals surface area contributed by atoms with Gasteiger partial charge in [0.1, 0.15) is 6.04 Å². The van der Waals surface area contributed by atoms with E-state index in [1.54, 1.807) is 42.5 Å². The van der Waals surface area contributed by atoms with Gasteiger partial charge in [0.25, 0.3) is 0 Å². The van der Waals surface area contributed by atoms with E-state index in [4.69, 9.17) is 22.3 Å². The molecule has 2 aromatic carbocycles. The van der Waals surface area contributed by atoms with E-state index >= 15 is 0 Å². The number of carboxylic acid groups (broad SMARTS) is 2. The molecule has 0 saturated carbocycles. The molecule has 162 valence electrons. The Hall–Kier alpha value is -2.49. The fourth-order valence-electron chi connectivity index (χ4n) is 1.81. The van der Waals surface area contributed by atoms with Gasteiger partial charge in [0.05, 0.1) is 5.97 Å². The van der Waals surface area contributed by atoms with E-state index in [1.165, 1.54) is 12.1 Å². The molecule has 0 aliphatic carbocycles. The second-order valence-electron chi connectivity index (χ2n) is 5.61. The molecule has 0 heterocycles. The van der Waals surface area contributed by atoms with Crippen LogP contribution in [0.5, 0.6) is 0 Å². The van der Waals surface area contributed by atoms with Crippen molar-refractivity contribution in [1.82, 2.24) is 0 Å². The quantitative estimate of drug-likeness (QED) is 0.316. The second kappa shape index (κ2) is 17.6. The Labute approximate surface area is 185 Å². The summed E-state index contributed by atoms with van der Waals surface area (Å²) in [6, 6.07) is 16.1. The summed E-state index contributed by atoms with van der Waals surface area (Å²) < 4.78 is 0. The first kappa shape index (κ1) is 28.7. The van der Waals surface area contributed by atoms with E-state index in [-0.39, 0.29) is 33.9 Å². The van der Waals surface area contributed by atoms with E-state index in [1.807, 2.05) is 6.07 Å². The molecule has 0 aliphatic heterocycles. The molecule has 0 spiro atoms. The first-order valence-corrected chi connectivity index (χ1v) is 8.59. The van der Waals surface area contributed by atoms with Gasteiger partial charge in [0, 0.05) is 5.56 Å². The van der Waals surface area contributed by atoms with Gasteiger partial charge in [-0.15, -0.1) is 0 Å². The molecule has 2 rings (SSSR count). The van der Waals surface area contributed by atoms with E-state index in [0.29, 0.717) is 18.5 Å². The van der Waals surface area contributed by atoms with E-state index in [9.17, 15) is 19.5 Å². The summed E-state index contributed by atoms with van der Waals surface area (Å²) in [5.74, 6) is -2.44. The minimum Gasteiger partial charge on any atom is -0.545 e. The Morgan fingerprint density at radius 2 is 1.34 bits per heavy atom. The van der Waals surface area contributed by atoms with Crippen molar-refractivity contribution in [2.75, 3.05) is 6.54 Å². The summed E-state index contributed by atoms with van der Waals surface area (Å²) in [5.41, 5.74) is 16.2. The fraction of sp³-hybridized carbons (Fsp3) is 0.250. The van der Waals surface area contributed by atoms with Crippen LogP contribution in [-0.2, 0) is 27.2 Å². The van der Waals surface area contributed by atoms with Crippen LogP contribution in [0.1, 0.15) is 40.0 Å². The molecule has 0 radical (unpaired) electrons. The largest absolute Gasteiger partial charge is 1.00 e. The van der Waals surface area contributed by atoms with Crippen molar-refractivity contribution < 1.29 is 47.0 Å². The fourth-order valence-corrected chi connectivity index (χ4v) is 1.81. The van der Waals surface area contributed by atoms with Crippen molar-refractivity contribution in [3.05, 3.63) is 71.8 Å². The molecule has 1 amide bonds. The van der Waals surface area contributed by atoms with Crippen molar-refractivity contribution in [3.8, 4) is 0 Å². The molecule has 9 heteroatoms. The molecule has 1 unspecified atom stereocenters. The molecular weight excluding hydrogens is 470 g/mol. The third-order valence-electron chi connectivity index (χ3n) is 3.35. The zero-order valence-electron chi connectivity index (χ0n) is 15.8. The number of carbonyl (C=O) groups excluding carboxylic acids is 2. The molecule has 8 nitrogen and oxygen atoms in total. The maximum Gasteiger partial charge on any atom is 1.00 e. The molecular formula is C20H26AgN3O5. The Morgan fingerprint density at radius 1 is 0.897 bits per heavy atom. The van der Waals surface area contributed by atoms with E-state index < -0.39 is 18.0 Å². The zero-order valence-corrected chi connectivity index (χ0v) is 17.3. The van der Waals surface area contributed by atoms with Crippen LogP contribution in [0, 0.1) is 0 Å². The Kier molecular flexibility index (Phi) is 17.4. The number of hydrogen-bond donors (Lipinski definition) is 4. The normalized spacial score (nSPS) is 10.0. The average Bonchev–Trinajstić information content (AvgIpc) is 2.70. The van der Waals surface area contributed by atoms with Gasteiger partial charge in [-0.3, -0.25) is 9.59 Å². The number of nitrogens with two attached hydrogens (primary N) is 3. The number of unbranched alkanes of at least 4 members (excludes halogenated alkanes) is 1. The van der Waals surface area contributed by atoms with Crippen LogP contribution in [0.3, 0.4) is 0 Å². The zero-order chi connectivity index (χ0) is 21.4. The monoisotopic (exact) mass is 495 g/mol. The number of hydrogen-bond acceptors (Lipinski definition) is 6. The number of amides is 1. The second-order valence-corrected chi connectivity index (χ2v) is 5.61. The number of carboxylic acids is 2. The van der Waals surface area contributed by atoms with Crippen molar-refractivity contribution in [2.45, 2.75) is 25.3 Å². The van der Waals surface area contributed by atoms with Crippen molar-refractivity contribution in [3.63, 3.8) is 0 Å². The van der Waals surface area contributed by atoms with Gasteiger partial charge in [0.15, 0.2) is 0 Å². The number of rotatable bonds is 7. The van der Waals surface area contributed by atoms with Gasteiger partial charge in [-0.05, 0) is 37.1 Å². The van der Waals surface area contributed by atoms with Crippen molar-refractivity contribution >= 4 is 17.8 Å². The topological polar surface area (TPSA) is 173 Å². The van der Waals surface area contributed by atoms with Crippen LogP contribution < -0.4 is 22.3 Å². The summed E-state index contributed by atoms with van der Waals surface area (Å²) in [6.07, 6.45) is 2.16. The number of benzene rings is 2. The SMILES string of the molecule is NC(=O)c1ccccc1.NCCCCC(N)C(=O)O.O=C([O-])c1ccccc1.[Ag+]. The third kappa shape index (κ3) is 15.1. The molecule has 0 saturated heterocycles. The van der Waals surface area contributed by atoms with Gasteiger partial charge >= 0.3 is 28.3 Å². The summed E-state index contributed by atoms with van der Waals surface area (Å²) >= 11 is 0. The molecule has 7 N–H and O–H groups in total. The number of carbonyl (C=O) groups is 3. The molecule has 29 heavy (non-hydrogen) atoms. The predicted octanol–water partition coefficient (Wildman–Crippen LogP) is 0.360. The van der Waals surface area contributed by atoms with Crippen molar-refractivity contribution in [2.24, 2.45) is 17.2 Å². The third-order valence-corrected chi connectivity index (χ3v) is 3.35. The standard InChI is InChI=1S/C7H7NO.C7H6O2.C6H14N2O2.Ag/c2*8-7(9)6-4-2-1-3-5-6;7-4-2-1-3-5(8)6(9)10;/h1-5H,(H2,8,9);1-5H,(H,8,9);5H,1-4,7-8H2,(H,9,10);/q;;;+1/p-1. The van der Waals surface area contributed by atoms with Gasteiger partial charge in [-0.1, -0.05) is 55.0 Å². The molecule has 2 aromatic rings. The Bertz CT molecular complexity index is 665. The van der Waals surface area contributed by atoms with Gasteiger partial charge in [-0.2, -0.15) is 0 Å². The summed E-state index contributed by atoms with van der Waals surface area (Å²) in [6.45, 7) is 0.604. The molecule has 1 atom stereocenters. The minimum absolute atomic E-state index is 0. The van der Waals surface area contributed by atoms with Gasteiger partial charge < -0.3 is 32.2 Å². The number of primary amides is 1. The number of aromatic carboxylic acids is 1. The molecule has 0 aromatic heterocycles. The summed E-state index contributed by atoms with van der Waals surface area (Å²) in [4.78, 5) is 30.7. The number of aliphatic carboxylic acids is 1. The average molecular weight is 496 g/mol. The van der Waals surface area contributed by atoms with Crippen LogP contribution in [0.25, 0.3) is 0 Å². The van der Waals surface area contributed by atoms with Crippen LogP contribution >= 0.6 is 0 Å². The van der Waals surface area contributed by atoms with Crippen LogP contribution in [0.4, 0.5) is 0 Å². The van der Waals surface area contributed by atoms with Gasteiger partial charge in [0.2, 0.25) is 5.91 Å². The predicted molar refractivity (Wildman–Crippen MR) is 104 cm³/mol. The van der Waals surface area contributed by atoms with E-state index in [0.717, 1.165) is 12.8 Å². The maximum absolute atomic E-state index is 10.4. The summed E-state index contributed by atoms with van der Waals surface area (Å²) in [7, 11) is 0. The Balaban J connectivity index is 0. The summed E-state index contributed by atoms with van der Waals surface area (Å²) in [5, 5.41) is 18.4. The molecule has 0 fully saturated rings. The maximum atomic E-state index is 10.4. The van der Waals surface area contributed by atoms with Gasteiger partial charge in [-0.25, -0.2) is 0 Å². The first-order chi connectivity index (χ1) is 13.3. The first-order valence-electron chi connectivity index (χ1n) is 8.59. The van der Waals surface area contributed by atoms with E-state index in [2.05, 4.69) is 0 Å². The van der Waals surface area contributed by atoms with Crippen molar-refractivity contribution in [1.29, 1.82) is 0 Å².